The molecule has 0 aliphatic carbocycles. The van der Waals surface area contributed by atoms with Gasteiger partial charge in [0.25, 0.3) is 0 Å². The smallest absolute Gasteiger partial charge is 0.390 e. The fraction of sp³-hybridized carbons (Fsp3) is 0.667. The number of imidazole rings is 1. The summed E-state index contributed by atoms with van der Waals surface area (Å²) in [5.41, 5.74) is 6.43. The molecule has 0 aromatic carbocycles. The lowest BCUT2D eigenvalue weighted by molar-refractivity contribution is -0.132. The van der Waals surface area contributed by atoms with Crippen LogP contribution >= 0.6 is 15.6 Å². The van der Waals surface area contributed by atoms with Crippen LogP contribution in [0.2, 0.25) is 0 Å². The van der Waals surface area contributed by atoms with E-state index in [0.717, 1.165) is 0 Å². The number of phosphoric acid groups is 2. The van der Waals surface area contributed by atoms with E-state index in [0.29, 0.717) is 11.2 Å². The number of fused-ring (bicyclic) bond motifs is 1. The zero-order valence-electron chi connectivity index (χ0n) is 17.3. The normalized spacial score (nSPS) is 33.2. The molecular weight excluding hydrogens is 504 g/mol. The summed E-state index contributed by atoms with van der Waals surface area (Å²) in [5.74, 6) is 0.156. The van der Waals surface area contributed by atoms with Crippen molar-refractivity contribution in [2.75, 3.05) is 18.9 Å². The number of nitrogens with two attached hydrogens (primary N) is 1. The molecule has 2 aliphatic rings. The molecule has 7 N–H and O–H groups in total. The fourth-order valence-corrected chi connectivity index (χ4v) is 5.59. The summed E-state index contributed by atoms with van der Waals surface area (Å²) < 4.78 is 49.6. The highest BCUT2D eigenvalue weighted by molar-refractivity contribution is 7.61. The zero-order valence-corrected chi connectivity index (χ0v) is 19.1. The van der Waals surface area contributed by atoms with Crippen LogP contribution < -0.4 is 5.73 Å². The van der Waals surface area contributed by atoms with Crippen LogP contribution in [-0.2, 0) is 32.0 Å². The minimum atomic E-state index is -5.13. The maximum Gasteiger partial charge on any atom is 0.481 e. The van der Waals surface area contributed by atoms with E-state index in [4.69, 9.17) is 19.7 Å². The molecule has 4 unspecified atom stereocenters. The second-order valence-electron chi connectivity index (χ2n) is 7.58. The lowest BCUT2D eigenvalue weighted by atomic mass is 10.2. The Hall–Kier alpha value is -1.59. The van der Waals surface area contributed by atoms with Crippen molar-refractivity contribution in [1.82, 2.24) is 19.5 Å². The third kappa shape index (κ3) is 5.79. The lowest BCUT2D eigenvalue weighted by Crippen LogP contribution is -2.26. The third-order valence-electron chi connectivity index (χ3n) is 5.10. The molecule has 2 saturated heterocycles. The summed E-state index contributed by atoms with van der Waals surface area (Å²) in [6.45, 7) is -1.28. The Kier molecular flexibility index (Phi) is 7.36. The molecule has 8 atom stereocenters. The average Bonchev–Trinajstić information content (AvgIpc) is 3.42. The summed E-state index contributed by atoms with van der Waals surface area (Å²) in [5, 5.41) is 28.9. The predicted octanol–water partition coefficient (Wildman–Crippen LogP) is -1.22. The maximum atomic E-state index is 12.1. The van der Waals surface area contributed by atoms with Crippen LogP contribution in [0.5, 0.6) is 0 Å². The molecule has 0 spiro atoms. The Morgan fingerprint density at radius 3 is 2.41 bits per heavy atom. The quantitative estimate of drug-likeness (QED) is 0.209. The molecule has 2 aliphatic heterocycles. The first kappa shape index (κ1) is 25.5. The molecule has 0 bridgehead atoms. The number of aliphatic hydroxyl groups is 3. The topological polar surface area (TPSA) is 251 Å². The fourth-order valence-electron chi connectivity index (χ4n) is 3.48. The number of rotatable bonds is 9. The number of anilines is 1. The molecular formula is C15H23N5O12P2. The molecule has 0 amide bonds. The van der Waals surface area contributed by atoms with Gasteiger partial charge in [-0.3, -0.25) is 13.6 Å². The molecule has 190 valence electrons. The first-order valence-electron chi connectivity index (χ1n) is 9.88. The first-order chi connectivity index (χ1) is 15.9. The van der Waals surface area contributed by atoms with Gasteiger partial charge in [-0.25, -0.2) is 24.1 Å². The SMILES string of the molecule is Nc1ncnc2c1ncn2[C@H]1C[C@@H](O)C(COP(=O)(O)OP(=O)(O)OC[C@H]2C[C@@H](O)C(O)O2)O1. The Labute approximate surface area is 191 Å². The molecule has 19 heteroatoms. The second kappa shape index (κ2) is 9.81. The summed E-state index contributed by atoms with van der Waals surface area (Å²) in [7, 11) is -10.2. The van der Waals surface area contributed by atoms with Crippen LogP contribution in [0.1, 0.15) is 19.1 Å². The van der Waals surface area contributed by atoms with Crippen molar-refractivity contribution in [1.29, 1.82) is 0 Å². The number of aromatic nitrogens is 4. The molecule has 2 aromatic rings. The van der Waals surface area contributed by atoms with Gasteiger partial charge >= 0.3 is 15.6 Å². The van der Waals surface area contributed by atoms with Crippen molar-refractivity contribution in [3.8, 4) is 0 Å². The highest BCUT2D eigenvalue weighted by atomic mass is 31.3. The molecule has 0 saturated carbocycles. The van der Waals surface area contributed by atoms with Crippen molar-refractivity contribution >= 4 is 32.6 Å². The van der Waals surface area contributed by atoms with Crippen LogP contribution in [0.4, 0.5) is 5.82 Å². The predicted molar refractivity (Wildman–Crippen MR) is 108 cm³/mol. The van der Waals surface area contributed by atoms with Crippen molar-refractivity contribution in [2.45, 2.75) is 49.8 Å². The van der Waals surface area contributed by atoms with Gasteiger partial charge in [-0.1, -0.05) is 0 Å². The second-order valence-corrected chi connectivity index (χ2v) is 10.6. The van der Waals surface area contributed by atoms with E-state index in [-0.39, 0.29) is 18.7 Å². The Balaban J connectivity index is 1.30. The van der Waals surface area contributed by atoms with E-state index in [2.05, 4.69) is 23.8 Å². The van der Waals surface area contributed by atoms with E-state index in [1.807, 2.05) is 0 Å². The summed E-state index contributed by atoms with van der Waals surface area (Å²) in [6.07, 6.45) is -4.01. The molecule has 17 nitrogen and oxygen atoms in total. The summed E-state index contributed by atoms with van der Waals surface area (Å²) in [6, 6.07) is 0. The molecule has 2 aromatic heterocycles. The third-order valence-corrected chi connectivity index (χ3v) is 7.70. The zero-order chi connectivity index (χ0) is 24.7. The standard InChI is InChI=1S/C15H23N5O12P2/c16-13-12-14(18-5-17-13)20(6-19-12)11-2-8(21)10(31-11)4-29-34(26,27)32-33(24,25)28-3-7-1-9(22)15(23)30-7/h5-11,15,21-23H,1-4H2,(H,24,25)(H,26,27)(H2,16,17,18)/t7-,8-,9-,10?,11-,15?/m1/s1. The largest absolute Gasteiger partial charge is 0.481 e. The number of phosphoric ester groups is 2. The van der Waals surface area contributed by atoms with E-state index < -0.39 is 65.8 Å². The van der Waals surface area contributed by atoms with Crippen LogP contribution in [0, 0.1) is 0 Å². The number of aliphatic hydroxyl groups excluding tert-OH is 3. The van der Waals surface area contributed by atoms with Gasteiger partial charge in [0, 0.05) is 12.8 Å². The van der Waals surface area contributed by atoms with Crippen LogP contribution in [0.3, 0.4) is 0 Å². The first-order valence-corrected chi connectivity index (χ1v) is 12.9. The van der Waals surface area contributed by atoms with Gasteiger partial charge in [0.15, 0.2) is 17.8 Å². The minimum absolute atomic E-state index is 0.0562. The average molecular weight is 527 g/mol. The summed E-state index contributed by atoms with van der Waals surface area (Å²) >= 11 is 0. The van der Waals surface area contributed by atoms with Gasteiger partial charge in [-0.05, 0) is 0 Å². The van der Waals surface area contributed by atoms with E-state index >= 15 is 0 Å². The van der Waals surface area contributed by atoms with Gasteiger partial charge in [-0.15, -0.1) is 0 Å². The molecule has 0 radical (unpaired) electrons. The number of nitrogens with zero attached hydrogens (tertiary/aromatic N) is 4. The number of hydrogen-bond acceptors (Lipinski definition) is 14. The molecule has 34 heavy (non-hydrogen) atoms. The van der Waals surface area contributed by atoms with Gasteiger partial charge in [0.05, 0.1) is 31.7 Å². The molecule has 4 heterocycles. The lowest BCUT2D eigenvalue weighted by Gasteiger charge is -2.20. The van der Waals surface area contributed by atoms with E-state index in [1.165, 1.54) is 17.2 Å². The van der Waals surface area contributed by atoms with Gasteiger partial charge in [-0.2, -0.15) is 4.31 Å². The number of nitrogen functional groups attached to an aromatic ring is 1. The highest BCUT2D eigenvalue weighted by Crippen LogP contribution is 2.60. The van der Waals surface area contributed by atoms with Crippen molar-refractivity contribution < 1.29 is 57.1 Å². The van der Waals surface area contributed by atoms with Crippen molar-refractivity contribution in [3.05, 3.63) is 12.7 Å². The number of ether oxygens (including phenoxy) is 2. The highest BCUT2D eigenvalue weighted by Gasteiger charge is 2.41. The van der Waals surface area contributed by atoms with Crippen molar-refractivity contribution in [2.24, 2.45) is 0 Å². The Morgan fingerprint density at radius 1 is 1.03 bits per heavy atom. The van der Waals surface area contributed by atoms with Gasteiger partial charge < -0.3 is 40.3 Å². The van der Waals surface area contributed by atoms with Gasteiger partial charge in [0.1, 0.15) is 30.3 Å². The Bertz CT molecular complexity index is 1110. The maximum absolute atomic E-state index is 12.1. The van der Waals surface area contributed by atoms with Crippen molar-refractivity contribution in [3.63, 3.8) is 0 Å². The Morgan fingerprint density at radius 2 is 1.74 bits per heavy atom. The van der Waals surface area contributed by atoms with E-state index in [1.54, 1.807) is 0 Å². The van der Waals surface area contributed by atoms with Crippen LogP contribution in [0.15, 0.2) is 12.7 Å². The summed E-state index contributed by atoms with van der Waals surface area (Å²) in [4.78, 5) is 31.5. The van der Waals surface area contributed by atoms with Gasteiger partial charge in [0.2, 0.25) is 0 Å². The number of hydrogen-bond donors (Lipinski definition) is 6. The van der Waals surface area contributed by atoms with Crippen LogP contribution in [-0.4, -0.2) is 88.5 Å². The minimum Gasteiger partial charge on any atom is -0.390 e. The van der Waals surface area contributed by atoms with Crippen LogP contribution in [0.25, 0.3) is 11.2 Å². The monoisotopic (exact) mass is 527 g/mol. The molecule has 2 fully saturated rings. The van der Waals surface area contributed by atoms with E-state index in [9.17, 15) is 34.2 Å². The molecule has 4 rings (SSSR count).